The number of aliphatic hydroxyl groups is 1. The van der Waals surface area contributed by atoms with Gasteiger partial charge in [-0.25, -0.2) is 8.42 Å². The van der Waals surface area contributed by atoms with Gasteiger partial charge in [0.15, 0.2) is 15.6 Å². The van der Waals surface area contributed by atoms with E-state index in [4.69, 9.17) is 0 Å². The van der Waals surface area contributed by atoms with E-state index in [0.717, 1.165) is 21.9 Å². The molecule has 0 heterocycles. The van der Waals surface area contributed by atoms with Gasteiger partial charge in [-0.3, -0.25) is 9.59 Å². The zero-order chi connectivity index (χ0) is 31.5. The van der Waals surface area contributed by atoms with Gasteiger partial charge in [0.2, 0.25) is 0 Å². The summed E-state index contributed by atoms with van der Waals surface area (Å²) in [6.07, 6.45) is 0.408. The first-order chi connectivity index (χ1) is 19.6. The highest BCUT2D eigenvalue weighted by molar-refractivity contribution is 7.99. The number of thioether (sulfide) groups is 1. The molecule has 0 spiro atoms. The predicted octanol–water partition coefficient (Wildman–Crippen LogP) is 6.92. The molecule has 8 heteroatoms. The van der Waals surface area contributed by atoms with Gasteiger partial charge in [0.1, 0.15) is 0 Å². The molecule has 0 aliphatic carbocycles. The van der Waals surface area contributed by atoms with Crippen molar-refractivity contribution >= 4 is 33.3 Å². The Bertz CT molecular complexity index is 1390. The molecule has 0 aliphatic rings. The Balaban J connectivity index is 0.00000144. The van der Waals surface area contributed by atoms with E-state index in [1.807, 2.05) is 52.0 Å². The van der Waals surface area contributed by atoms with Crippen LogP contribution in [-0.4, -0.2) is 48.9 Å². The lowest BCUT2D eigenvalue weighted by molar-refractivity contribution is 0.0896. The largest absolute Gasteiger partial charge is 0.396 e. The molecule has 0 bridgehead atoms. The maximum absolute atomic E-state index is 13.6. The second kappa shape index (κ2) is 16.1. The maximum Gasteiger partial charge on any atom is 0.251 e. The molecule has 2 N–H and O–H groups in total. The average molecular weight is 612 g/mol. The molecule has 0 radical (unpaired) electrons. The summed E-state index contributed by atoms with van der Waals surface area (Å²) in [6.45, 7) is 14.0. The number of aliphatic hydroxyl groups excluding tert-OH is 1. The number of hydrogen-bond donors (Lipinski definition) is 2. The van der Waals surface area contributed by atoms with Gasteiger partial charge < -0.3 is 10.4 Å². The number of sulfone groups is 1. The van der Waals surface area contributed by atoms with Gasteiger partial charge in [0, 0.05) is 39.8 Å². The van der Waals surface area contributed by atoms with Crippen molar-refractivity contribution in [1.82, 2.24) is 5.32 Å². The van der Waals surface area contributed by atoms with Crippen LogP contribution in [0.4, 0.5) is 0 Å². The standard InChI is InChI=1S/C30H35NO5S2.C4H10/c1-21-5-13-26(14-6-21)37-19-25(20-38(35,36)27-15-7-22(2)8-16-27)28(33)23-9-11-24(12-10-23)29(34)31-30(3,4)17-18-32;1-4(2)3/h5-16,25,32H,17-20H2,1-4H3,(H,31,34);4H,1-3H3. The number of hydrogen-bond acceptors (Lipinski definition) is 6. The highest BCUT2D eigenvalue weighted by Crippen LogP contribution is 2.26. The SMILES string of the molecule is CC(C)C.Cc1ccc(SCC(CS(=O)(=O)c2ccc(C)cc2)C(=O)c2ccc(C(=O)NC(C)(C)CCO)cc2)cc1. The number of amides is 1. The summed E-state index contributed by atoms with van der Waals surface area (Å²) in [5.41, 5.74) is 2.22. The smallest absolute Gasteiger partial charge is 0.251 e. The van der Waals surface area contributed by atoms with Crippen LogP contribution in [-0.2, 0) is 9.84 Å². The first kappa shape index (κ1) is 35.3. The Morgan fingerprint density at radius 1 is 0.833 bits per heavy atom. The third-order valence-electron chi connectivity index (χ3n) is 6.26. The first-order valence-corrected chi connectivity index (χ1v) is 16.8. The van der Waals surface area contributed by atoms with Crippen molar-refractivity contribution in [3.05, 3.63) is 95.1 Å². The van der Waals surface area contributed by atoms with Crippen LogP contribution < -0.4 is 5.32 Å². The van der Waals surface area contributed by atoms with Crippen LogP contribution in [0.5, 0.6) is 0 Å². The minimum absolute atomic E-state index is 0.0474. The van der Waals surface area contributed by atoms with Gasteiger partial charge in [-0.15, -0.1) is 11.8 Å². The third kappa shape index (κ3) is 11.7. The van der Waals surface area contributed by atoms with Gasteiger partial charge in [-0.2, -0.15) is 0 Å². The number of nitrogens with one attached hydrogen (secondary N) is 1. The molecular weight excluding hydrogens is 567 g/mol. The van der Waals surface area contributed by atoms with Crippen molar-refractivity contribution in [1.29, 1.82) is 0 Å². The summed E-state index contributed by atoms with van der Waals surface area (Å²) in [6, 6.07) is 20.8. The third-order valence-corrected chi connectivity index (χ3v) is 9.27. The van der Waals surface area contributed by atoms with Crippen molar-refractivity contribution in [3.63, 3.8) is 0 Å². The van der Waals surface area contributed by atoms with E-state index in [2.05, 4.69) is 26.1 Å². The second-order valence-corrected chi connectivity index (χ2v) is 15.0. The summed E-state index contributed by atoms with van der Waals surface area (Å²) >= 11 is 1.45. The Hall–Kier alpha value is -2.94. The van der Waals surface area contributed by atoms with Crippen LogP contribution in [0.1, 0.15) is 72.9 Å². The van der Waals surface area contributed by atoms with E-state index in [-0.39, 0.29) is 28.9 Å². The lowest BCUT2D eigenvalue weighted by Gasteiger charge is -2.25. The molecule has 0 fully saturated rings. The van der Waals surface area contributed by atoms with Gasteiger partial charge in [0.05, 0.1) is 10.6 Å². The van der Waals surface area contributed by atoms with Crippen molar-refractivity contribution < 1.29 is 23.1 Å². The Labute approximate surface area is 256 Å². The second-order valence-electron chi connectivity index (χ2n) is 11.9. The van der Waals surface area contributed by atoms with Crippen LogP contribution >= 0.6 is 11.8 Å². The number of ketones is 1. The number of benzene rings is 3. The van der Waals surface area contributed by atoms with Crippen molar-refractivity contribution in [2.24, 2.45) is 11.8 Å². The van der Waals surface area contributed by atoms with Crippen molar-refractivity contribution in [2.45, 2.75) is 70.2 Å². The molecular formula is C34H45NO5S2. The maximum atomic E-state index is 13.6. The molecule has 1 unspecified atom stereocenters. The fourth-order valence-corrected chi connectivity index (χ4v) is 6.56. The zero-order valence-corrected chi connectivity index (χ0v) is 27.4. The predicted molar refractivity (Wildman–Crippen MR) is 173 cm³/mol. The number of Topliss-reactive ketones (excluding diaryl/α,β-unsaturated/α-hetero) is 1. The van der Waals surface area contributed by atoms with E-state index in [9.17, 15) is 23.1 Å². The highest BCUT2D eigenvalue weighted by Gasteiger charge is 2.28. The van der Waals surface area contributed by atoms with Crippen LogP contribution in [0.25, 0.3) is 0 Å². The molecule has 1 amide bonds. The summed E-state index contributed by atoms with van der Waals surface area (Å²) in [7, 11) is -3.71. The molecule has 42 heavy (non-hydrogen) atoms. The molecule has 0 saturated heterocycles. The van der Waals surface area contributed by atoms with Crippen LogP contribution in [0.3, 0.4) is 0 Å². The van der Waals surface area contributed by atoms with E-state index < -0.39 is 21.3 Å². The monoisotopic (exact) mass is 611 g/mol. The van der Waals surface area contributed by atoms with Gasteiger partial charge in [-0.05, 0) is 76.4 Å². The lowest BCUT2D eigenvalue weighted by Crippen LogP contribution is -2.44. The van der Waals surface area contributed by atoms with Crippen LogP contribution in [0.15, 0.2) is 82.6 Å². The Morgan fingerprint density at radius 2 is 1.31 bits per heavy atom. The fraction of sp³-hybridized carbons (Fsp3) is 0.412. The van der Waals surface area contributed by atoms with Crippen molar-refractivity contribution in [2.75, 3.05) is 18.1 Å². The van der Waals surface area contributed by atoms with Gasteiger partial charge in [-0.1, -0.05) is 68.3 Å². The molecule has 0 aliphatic heterocycles. The quantitative estimate of drug-likeness (QED) is 0.170. The molecule has 228 valence electrons. The Morgan fingerprint density at radius 3 is 1.81 bits per heavy atom. The summed E-state index contributed by atoms with van der Waals surface area (Å²) < 4.78 is 26.5. The zero-order valence-electron chi connectivity index (χ0n) is 25.8. The van der Waals surface area contributed by atoms with E-state index >= 15 is 0 Å². The molecule has 6 nitrogen and oxygen atoms in total. The van der Waals surface area contributed by atoms with E-state index in [1.54, 1.807) is 48.5 Å². The number of aryl methyl sites for hydroxylation is 2. The van der Waals surface area contributed by atoms with Crippen LogP contribution in [0.2, 0.25) is 0 Å². The molecule has 3 aromatic rings. The van der Waals surface area contributed by atoms with Crippen molar-refractivity contribution in [3.8, 4) is 0 Å². The Kier molecular flexibility index (Phi) is 13.5. The molecule has 0 saturated carbocycles. The average Bonchev–Trinajstić information content (AvgIpc) is 2.91. The highest BCUT2D eigenvalue weighted by atomic mass is 32.2. The van der Waals surface area contributed by atoms with E-state index in [1.165, 1.54) is 11.8 Å². The minimum atomic E-state index is -3.71. The normalized spacial score (nSPS) is 12.3. The molecule has 1 atom stereocenters. The fourth-order valence-electron chi connectivity index (χ4n) is 3.88. The van der Waals surface area contributed by atoms with Gasteiger partial charge in [0.25, 0.3) is 5.91 Å². The summed E-state index contributed by atoms with van der Waals surface area (Å²) in [4.78, 5) is 27.4. The summed E-state index contributed by atoms with van der Waals surface area (Å²) in [5, 5.41) is 12.1. The molecule has 0 aromatic heterocycles. The van der Waals surface area contributed by atoms with E-state index in [0.29, 0.717) is 23.3 Å². The molecule has 3 rings (SSSR count). The minimum Gasteiger partial charge on any atom is -0.396 e. The number of carbonyl (C=O) groups is 2. The van der Waals surface area contributed by atoms with Gasteiger partial charge >= 0.3 is 0 Å². The topological polar surface area (TPSA) is 101 Å². The number of rotatable bonds is 12. The first-order valence-electron chi connectivity index (χ1n) is 14.2. The summed E-state index contributed by atoms with van der Waals surface area (Å²) in [5.74, 6) is -0.560. The van der Waals surface area contributed by atoms with Crippen LogP contribution in [0, 0.1) is 25.7 Å². The molecule has 3 aromatic carbocycles. The lowest BCUT2D eigenvalue weighted by atomic mass is 9.98. The number of carbonyl (C=O) groups excluding carboxylic acids is 2.